The third-order valence-corrected chi connectivity index (χ3v) is 3.89. The molecule has 1 fully saturated rings. The molecule has 0 bridgehead atoms. The Kier molecular flexibility index (Phi) is 5.04. The number of ether oxygens (including phenoxy) is 2. The molecule has 2 heterocycles. The van der Waals surface area contributed by atoms with E-state index in [9.17, 15) is 9.59 Å². The minimum atomic E-state index is -1.05. The van der Waals surface area contributed by atoms with Gasteiger partial charge in [-0.15, -0.1) is 0 Å². The molecule has 2 N–H and O–H groups in total. The fraction of sp³-hybridized carbons (Fsp3) is 0.333. The van der Waals surface area contributed by atoms with E-state index >= 15 is 0 Å². The number of nitrogens with one attached hydrogen (secondary N) is 1. The average Bonchev–Trinajstić information content (AvgIpc) is 3.19. The molecule has 1 saturated heterocycles. The fourth-order valence-electron chi connectivity index (χ4n) is 2.68. The van der Waals surface area contributed by atoms with Gasteiger partial charge < -0.3 is 24.3 Å². The molecule has 1 aromatic carbocycles. The topological polar surface area (TPSA) is 98.0 Å². The highest BCUT2D eigenvalue weighted by atomic mass is 16.5. The van der Waals surface area contributed by atoms with Gasteiger partial charge >= 0.3 is 5.97 Å². The standard InChI is InChI=1S/C18H19NO6/c1-11-9-24-15(8-16(20)21)17(11)18(22)19-12-2-4-13(5-3-12)25-14-6-7-23-10-14/h2-5,9,14H,6-8,10H2,1H3,(H,19,22)(H,20,21). The molecule has 1 amide bonds. The predicted molar refractivity (Wildman–Crippen MR) is 89.0 cm³/mol. The van der Waals surface area contributed by atoms with Crippen LogP contribution in [-0.4, -0.2) is 36.3 Å². The Morgan fingerprint density at radius 1 is 1.32 bits per heavy atom. The highest BCUT2D eigenvalue weighted by Gasteiger charge is 2.21. The van der Waals surface area contributed by atoms with Gasteiger partial charge in [-0.3, -0.25) is 9.59 Å². The van der Waals surface area contributed by atoms with Gasteiger partial charge in [0.25, 0.3) is 5.91 Å². The number of aryl methyl sites for hydroxylation is 1. The zero-order valence-electron chi connectivity index (χ0n) is 13.8. The lowest BCUT2D eigenvalue weighted by Gasteiger charge is -2.12. The highest BCUT2D eigenvalue weighted by Crippen LogP contribution is 2.22. The van der Waals surface area contributed by atoms with Crippen LogP contribution in [0.3, 0.4) is 0 Å². The third kappa shape index (κ3) is 4.19. The van der Waals surface area contributed by atoms with Crippen LogP contribution >= 0.6 is 0 Å². The van der Waals surface area contributed by atoms with E-state index in [0.29, 0.717) is 30.2 Å². The Morgan fingerprint density at radius 3 is 2.72 bits per heavy atom. The summed E-state index contributed by atoms with van der Waals surface area (Å²) in [6, 6.07) is 7.01. The van der Waals surface area contributed by atoms with Gasteiger partial charge in [0.1, 0.15) is 24.0 Å². The summed E-state index contributed by atoms with van der Waals surface area (Å²) >= 11 is 0. The monoisotopic (exact) mass is 345 g/mol. The van der Waals surface area contributed by atoms with Crippen LogP contribution in [0.2, 0.25) is 0 Å². The summed E-state index contributed by atoms with van der Waals surface area (Å²) in [6.45, 7) is 3.00. The van der Waals surface area contributed by atoms with Crippen molar-refractivity contribution in [3.63, 3.8) is 0 Å². The molecule has 1 atom stereocenters. The first-order chi connectivity index (χ1) is 12.0. The van der Waals surface area contributed by atoms with E-state index in [-0.39, 0.29) is 23.8 Å². The normalized spacial score (nSPS) is 16.6. The van der Waals surface area contributed by atoms with Crippen LogP contribution in [0, 0.1) is 6.92 Å². The molecular weight excluding hydrogens is 326 g/mol. The summed E-state index contributed by atoms with van der Waals surface area (Å²) in [5, 5.41) is 11.7. The molecular formula is C18H19NO6. The number of anilines is 1. The molecule has 2 aromatic rings. The second-order valence-corrected chi connectivity index (χ2v) is 5.87. The average molecular weight is 345 g/mol. The van der Waals surface area contributed by atoms with Crippen molar-refractivity contribution in [2.45, 2.75) is 25.9 Å². The summed E-state index contributed by atoms with van der Waals surface area (Å²) < 4.78 is 16.2. The quantitative estimate of drug-likeness (QED) is 0.835. The highest BCUT2D eigenvalue weighted by molar-refractivity contribution is 6.06. The van der Waals surface area contributed by atoms with E-state index in [1.54, 1.807) is 31.2 Å². The first-order valence-electron chi connectivity index (χ1n) is 7.97. The Bertz CT molecular complexity index is 758. The van der Waals surface area contributed by atoms with Gasteiger partial charge in [0.15, 0.2) is 0 Å². The van der Waals surface area contributed by atoms with E-state index in [0.717, 1.165) is 6.42 Å². The van der Waals surface area contributed by atoms with Crippen molar-refractivity contribution in [3.05, 3.63) is 47.4 Å². The van der Waals surface area contributed by atoms with Crippen molar-refractivity contribution in [1.29, 1.82) is 0 Å². The maximum atomic E-state index is 12.5. The van der Waals surface area contributed by atoms with Crippen molar-refractivity contribution < 1.29 is 28.6 Å². The zero-order chi connectivity index (χ0) is 17.8. The van der Waals surface area contributed by atoms with Gasteiger partial charge in [0.05, 0.1) is 25.0 Å². The maximum absolute atomic E-state index is 12.5. The van der Waals surface area contributed by atoms with Gasteiger partial charge in [-0.05, 0) is 31.2 Å². The molecule has 0 saturated carbocycles. The first-order valence-corrected chi connectivity index (χ1v) is 7.97. The van der Waals surface area contributed by atoms with Crippen LogP contribution in [0.1, 0.15) is 28.1 Å². The molecule has 3 rings (SSSR count). The molecule has 1 aromatic heterocycles. The number of hydrogen-bond donors (Lipinski definition) is 2. The van der Waals surface area contributed by atoms with Crippen LogP contribution in [0.4, 0.5) is 5.69 Å². The lowest BCUT2D eigenvalue weighted by Crippen LogP contribution is -2.16. The van der Waals surface area contributed by atoms with E-state index in [4.69, 9.17) is 19.0 Å². The zero-order valence-corrected chi connectivity index (χ0v) is 13.8. The van der Waals surface area contributed by atoms with Crippen LogP contribution in [0.25, 0.3) is 0 Å². The van der Waals surface area contributed by atoms with Gasteiger partial charge in [-0.1, -0.05) is 0 Å². The van der Waals surface area contributed by atoms with E-state index < -0.39 is 11.9 Å². The van der Waals surface area contributed by atoms with Crippen molar-refractivity contribution in [1.82, 2.24) is 0 Å². The smallest absolute Gasteiger partial charge is 0.311 e. The summed E-state index contributed by atoms with van der Waals surface area (Å²) in [6.07, 6.45) is 1.97. The number of carbonyl (C=O) groups is 2. The molecule has 1 unspecified atom stereocenters. The van der Waals surface area contributed by atoms with Gasteiger partial charge in [-0.2, -0.15) is 0 Å². The second-order valence-electron chi connectivity index (χ2n) is 5.87. The van der Waals surface area contributed by atoms with Gasteiger partial charge in [-0.25, -0.2) is 0 Å². The lowest BCUT2D eigenvalue weighted by molar-refractivity contribution is -0.136. The third-order valence-electron chi connectivity index (χ3n) is 3.89. The molecule has 132 valence electrons. The number of benzene rings is 1. The summed E-state index contributed by atoms with van der Waals surface area (Å²) in [5.41, 5.74) is 1.43. The van der Waals surface area contributed by atoms with Gasteiger partial charge in [0, 0.05) is 17.7 Å². The number of carboxylic acids is 1. The van der Waals surface area contributed by atoms with E-state index in [1.807, 2.05) is 0 Å². The number of aliphatic carboxylic acids is 1. The van der Waals surface area contributed by atoms with Crippen molar-refractivity contribution in [2.24, 2.45) is 0 Å². The van der Waals surface area contributed by atoms with Crippen molar-refractivity contribution in [2.75, 3.05) is 18.5 Å². The second kappa shape index (κ2) is 7.40. The molecule has 7 nitrogen and oxygen atoms in total. The van der Waals surface area contributed by atoms with E-state index in [1.165, 1.54) is 6.26 Å². The Hall–Kier alpha value is -2.80. The van der Waals surface area contributed by atoms with E-state index in [2.05, 4.69) is 5.32 Å². The summed E-state index contributed by atoms with van der Waals surface area (Å²) in [4.78, 5) is 23.3. The maximum Gasteiger partial charge on any atom is 0.311 e. The molecule has 25 heavy (non-hydrogen) atoms. The molecule has 0 spiro atoms. The van der Waals surface area contributed by atoms with Crippen molar-refractivity contribution in [3.8, 4) is 5.75 Å². The number of furan rings is 1. The minimum Gasteiger partial charge on any atom is -0.488 e. The number of carboxylic acid groups (broad SMARTS) is 1. The van der Waals surface area contributed by atoms with Crippen LogP contribution in [0.5, 0.6) is 5.75 Å². The number of carbonyl (C=O) groups excluding carboxylic acids is 1. The Morgan fingerprint density at radius 2 is 2.08 bits per heavy atom. The SMILES string of the molecule is Cc1coc(CC(=O)O)c1C(=O)Nc1ccc(OC2CCOC2)cc1. The molecule has 0 aliphatic carbocycles. The predicted octanol–water partition coefficient (Wildman–Crippen LogP) is 2.64. The molecule has 0 radical (unpaired) electrons. The van der Waals surface area contributed by atoms with Crippen LogP contribution in [0.15, 0.2) is 34.9 Å². The number of hydrogen-bond acceptors (Lipinski definition) is 5. The van der Waals surface area contributed by atoms with Crippen LogP contribution < -0.4 is 10.1 Å². The molecule has 1 aliphatic heterocycles. The Balaban J connectivity index is 1.66. The number of rotatable bonds is 6. The first kappa shape index (κ1) is 17.0. The Labute approximate surface area is 144 Å². The lowest BCUT2D eigenvalue weighted by atomic mass is 10.1. The van der Waals surface area contributed by atoms with Crippen molar-refractivity contribution >= 4 is 17.6 Å². The molecule has 1 aliphatic rings. The fourth-order valence-corrected chi connectivity index (χ4v) is 2.68. The largest absolute Gasteiger partial charge is 0.488 e. The number of amides is 1. The van der Waals surface area contributed by atoms with Crippen LogP contribution in [-0.2, 0) is 16.0 Å². The summed E-state index contributed by atoms with van der Waals surface area (Å²) in [7, 11) is 0. The minimum absolute atomic E-state index is 0.0626. The van der Waals surface area contributed by atoms with Gasteiger partial charge in [0.2, 0.25) is 0 Å². The molecule has 7 heteroatoms. The summed E-state index contributed by atoms with van der Waals surface area (Å²) in [5.74, 6) is -0.607.